The van der Waals surface area contributed by atoms with Gasteiger partial charge in [-0.25, -0.2) is 9.50 Å². The van der Waals surface area contributed by atoms with Crippen molar-refractivity contribution in [1.82, 2.24) is 0 Å². The molecule has 2 aromatic rings. The van der Waals surface area contributed by atoms with Crippen molar-refractivity contribution in [3.8, 4) is 0 Å². The standard InChI is InChI=1S/C16H16FO/c17-15-10-4-6-13(12-15)7-5-11-16(18)14-8-2-1-3-9-14/h1-4,6,8-10,12,16H,5,7,11H2. The summed E-state index contributed by atoms with van der Waals surface area (Å²) in [6.07, 6.45) is 1.44. The molecular formula is C16H16FO. The molecule has 1 nitrogen and oxygen atoms in total. The smallest absolute Gasteiger partial charge is 0.123 e. The van der Waals surface area contributed by atoms with E-state index < -0.39 is 6.10 Å². The van der Waals surface area contributed by atoms with Crippen LogP contribution < -0.4 is 0 Å². The fraction of sp³-hybridized carbons (Fsp3) is 0.250. The van der Waals surface area contributed by atoms with Gasteiger partial charge in [-0.15, -0.1) is 0 Å². The van der Waals surface area contributed by atoms with E-state index in [1.165, 1.54) is 12.1 Å². The molecule has 1 unspecified atom stereocenters. The number of aryl methyl sites for hydroxylation is 1. The Morgan fingerprint density at radius 3 is 2.50 bits per heavy atom. The highest BCUT2D eigenvalue weighted by Gasteiger charge is 2.08. The zero-order valence-electron chi connectivity index (χ0n) is 10.2. The van der Waals surface area contributed by atoms with E-state index in [-0.39, 0.29) is 5.82 Å². The van der Waals surface area contributed by atoms with E-state index in [2.05, 4.69) is 0 Å². The average Bonchev–Trinajstić information content (AvgIpc) is 2.40. The van der Waals surface area contributed by atoms with Crippen LogP contribution in [0.2, 0.25) is 0 Å². The fourth-order valence-electron chi connectivity index (χ4n) is 2.02. The summed E-state index contributed by atoms with van der Waals surface area (Å²) in [5.41, 5.74) is 1.78. The maximum absolute atomic E-state index is 13.0. The number of benzene rings is 2. The van der Waals surface area contributed by atoms with Gasteiger partial charge in [0.05, 0.1) is 0 Å². The monoisotopic (exact) mass is 243 g/mol. The van der Waals surface area contributed by atoms with Crippen LogP contribution in [-0.4, -0.2) is 0 Å². The maximum Gasteiger partial charge on any atom is 0.123 e. The number of rotatable bonds is 5. The molecule has 0 saturated carbocycles. The largest absolute Gasteiger partial charge is 0.228 e. The molecule has 0 fully saturated rings. The van der Waals surface area contributed by atoms with E-state index in [0.717, 1.165) is 24.0 Å². The maximum atomic E-state index is 13.0. The molecule has 0 bridgehead atoms. The topological polar surface area (TPSA) is 19.9 Å². The number of hydrogen-bond acceptors (Lipinski definition) is 0. The quantitative estimate of drug-likeness (QED) is 0.745. The lowest BCUT2D eigenvalue weighted by Crippen LogP contribution is -1.97. The molecule has 0 aliphatic heterocycles. The SMILES string of the molecule is [O]C(CCCc1cccc(F)c1)c1ccccc1. The van der Waals surface area contributed by atoms with Crippen molar-refractivity contribution in [2.75, 3.05) is 0 Å². The summed E-state index contributed by atoms with van der Waals surface area (Å²) < 4.78 is 13.0. The van der Waals surface area contributed by atoms with Crippen LogP contribution in [0.5, 0.6) is 0 Å². The van der Waals surface area contributed by atoms with Gasteiger partial charge in [-0.2, -0.15) is 0 Å². The van der Waals surface area contributed by atoms with Crippen molar-refractivity contribution < 1.29 is 9.50 Å². The van der Waals surface area contributed by atoms with Crippen molar-refractivity contribution >= 4 is 0 Å². The van der Waals surface area contributed by atoms with Crippen molar-refractivity contribution in [2.45, 2.75) is 25.4 Å². The van der Waals surface area contributed by atoms with Crippen LogP contribution in [0.4, 0.5) is 4.39 Å². The van der Waals surface area contributed by atoms with Gasteiger partial charge in [-0.1, -0.05) is 42.5 Å². The first-order valence-electron chi connectivity index (χ1n) is 6.21. The molecule has 2 rings (SSSR count). The van der Waals surface area contributed by atoms with E-state index in [1.807, 2.05) is 36.4 Å². The highest BCUT2D eigenvalue weighted by Crippen LogP contribution is 2.19. The minimum Gasteiger partial charge on any atom is -0.228 e. The Morgan fingerprint density at radius 2 is 1.78 bits per heavy atom. The Morgan fingerprint density at radius 1 is 1.00 bits per heavy atom. The summed E-state index contributed by atoms with van der Waals surface area (Å²) in [6.45, 7) is 0. The molecule has 0 aliphatic carbocycles. The van der Waals surface area contributed by atoms with Gasteiger partial charge in [-0.05, 0) is 42.5 Å². The highest BCUT2D eigenvalue weighted by molar-refractivity contribution is 5.18. The van der Waals surface area contributed by atoms with Crippen LogP contribution in [0.1, 0.15) is 30.1 Å². The predicted molar refractivity (Wildman–Crippen MR) is 69.2 cm³/mol. The predicted octanol–water partition coefficient (Wildman–Crippen LogP) is 4.32. The van der Waals surface area contributed by atoms with Crippen LogP contribution in [0.15, 0.2) is 54.6 Å². The van der Waals surface area contributed by atoms with Gasteiger partial charge in [0.1, 0.15) is 11.9 Å². The molecule has 0 N–H and O–H groups in total. The first kappa shape index (κ1) is 12.8. The highest BCUT2D eigenvalue weighted by atomic mass is 19.1. The van der Waals surface area contributed by atoms with E-state index in [1.54, 1.807) is 6.07 Å². The van der Waals surface area contributed by atoms with Gasteiger partial charge in [0.2, 0.25) is 0 Å². The normalized spacial score (nSPS) is 12.3. The summed E-state index contributed by atoms with van der Waals surface area (Å²) in [6, 6.07) is 16.0. The van der Waals surface area contributed by atoms with E-state index in [9.17, 15) is 9.50 Å². The molecule has 1 radical (unpaired) electrons. The van der Waals surface area contributed by atoms with Gasteiger partial charge < -0.3 is 0 Å². The molecule has 0 saturated heterocycles. The van der Waals surface area contributed by atoms with Gasteiger partial charge in [0.25, 0.3) is 0 Å². The Balaban J connectivity index is 1.82. The number of halogens is 1. The van der Waals surface area contributed by atoms with Gasteiger partial charge in [0.15, 0.2) is 0 Å². The van der Waals surface area contributed by atoms with Crippen LogP contribution in [-0.2, 0) is 11.5 Å². The minimum absolute atomic E-state index is 0.214. The molecule has 0 heterocycles. The third-order valence-electron chi connectivity index (χ3n) is 2.99. The van der Waals surface area contributed by atoms with Gasteiger partial charge in [0, 0.05) is 0 Å². The summed E-state index contributed by atoms with van der Waals surface area (Å²) >= 11 is 0. The molecule has 0 spiro atoms. The molecule has 0 aromatic heterocycles. The summed E-state index contributed by atoms with van der Waals surface area (Å²) in [4.78, 5) is 0. The van der Waals surface area contributed by atoms with Crippen molar-refractivity contribution in [2.24, 2.45) is 0 Å². The lowest BCUT2D eigenvalue weighted by molar-refractivity contribution is 0.0794. The molecule has 1 atom stereocenters. The summed E-state index contributed by atoms with van der Waals surface area (Å²) in [7, 11) is 0. The lowest BCUT2D eigenvalue weighted by atomic mass is 10.0. The van der Waals surface area contributed by atoms with Crippen molar-refractivity contribution in [3.63, 3.8) is 0 Å². The van der Waals surface area contributed by atoms with Crippen LogP contribution in [0.25, 0.3) is 0 Å². The van der Waals surface area contributed by atoms with Crippen molar-refractivity contribution in [1.29, 1.82) is 0 Å². The minimum atomic E-state index is -0.681. The van der Waals surface area contributed by atoms with Gasteiger partial charge >= 0.3 is 0 Å². The summed E-state index contributed by atoms with van der Waals surface area (Å²) in [5.74, 6) is -0.214. The fourth-order valence-corrected chi connectivity index (χ4v) is 2.02. The molecule has 93 valence electrons. The first-order chi connectivity index (χ1) is 8.75. The molecular weight excluding hydrogens is 227 g/mol. The third kappa shape index (κ3) is 3.67. The van der Waals surface area contributed by atoms with Crippen LogP contribution in [0, 0.1) is 5.82 Å². The van der Waals surface area contributed by atoms with E-state index in [0.29, 0.717) is 6.42 Å². The Hall–Kier alpha value is -1.67. The summed E-state index contributed by atoms with van der Waals surface area (Å²) in [5, 5.41) is 11.9. The van der Waals surface area contributed by atoms with Gasteiger partial charge in [-0.3, -0.25) is 0 Å². The van der Waals surface area contributed by atoms with Crippen LogP contribution >= 0.6 is 0 Å². The molecule has 0 amide bonds. The van der Waals surface area contributed by atoms with E-state index in [4.69, 9.17) is 0 Å². The van der Waals surface area contributed by atoms with E-state index >= 15 is 0 Å². The Kier molecular flexibility index (Phi) is 4.48. The number of hydrogen-bond donors (Lipinski definition) is 0. The molecule has 2 aromatic carbocycles. The van der Waals surface area contributed by atoms with Crippen molar-refractivity contribution in [3.05, 3.63) is 71.5 Å². The zero-order valence-corrected chi connectivity index (χ0v) is 10.2. The second-order valence-electron chi connectivity index (χ2n) is 4.42. The first-order valence-corrected chi connectivity index (χ1v) is 6.21. The average molecular weight is 243 g/mol. The second-order valence-corrected chi connectivity index (χ2v) is 4.42. The lowest BCUT2D eigenvalue weighted by Gasteiger charge is -2.08. The zero-order chi connectivity index (χ0) is 12.8. The molecule has 2 heteroatoms. The second kappa shape index (κ2) is 6.31. The molecule has 0 aliphatic rings. The molecule has 18 heavy (non-hydrogen) atoms. The Labute approximate surface area is 107 Å². The van der Waals surface area contributed by atoms with Crippen LogP contribution in [0.3, 0.4) is 0 Å². The Bertz CT molecular complexity index is 481. The third-order valence-corrected chi connectivity index (χ3v) is 2.99.